The van der Waals surface area contributed by atoms with E-state index in [2.05, 4.69) is 31.9 Å². The van der Waals surface area contributed by atoms with Crippen molar-refractivity contribution < 1.29 is 14.0 Å². The summed E-state index contributed by atoms with van der Waals surface area (Å²) in [5.41, 5.74) is 1.90. The van der Waals surface area contributed by atoms with Gasteiger partial charge in [0.05, 0.1) is 0 Å². The van der Waals surface area contributed by atoms with Crippen LogP contribution < -0.4 is 16.0 Å². The van der Waals surface area contributed by atoms with Gasteiger partial charge in [0.1, 0.15) is 0 Å². The van der Waals surface area contributed by atoms with Gasteiger partial charge in [0.25, 0.3) is 5.91 Å². The second-order valence-electron chi connectivity index (χ2n) is 5.08. The summed E-state index contributed by atoms with van der Waals surface area (Å²) in [7, 11) is 0. The molecule has 126 valence electrons. The van der Waals surface area contributed by atoms with Crippen molar-refractivity contribution in [3.63, 3.8) is 0 Å². The lowest BCUT2D eigenvalue weighted by Gasteiger charge is -2.08. The van der Waals surface area contributed by atoms with Crippen LogP contribution >= 0.6 is 15.9 Å². The summed E-state index contributed by atoms with van der Waals surface area (Å²) >= 11 is 3.15. The Bertz CT molecular complexity index is 876. The first-order chi connectivity index (χ1) is 12.1. The smallest absolute Gasteiger partial charge is 0.323 e. The Labute approximate surface area is 152 Å². The van der Waals surface area contributed by atoms with Crippen LogP contribution in [0, 0.1) is 0 Å². The van der Waals surface area contributed by atoms with Crippen molar-refractivity contribution in [2.24, 2.45) is 0 Å². The van der Waals surface area contributed by atoms with Gasteiger partial charge in [-0.2, -0.15) is 0 Å². The van der Waals surface area contributed by atoms with E-state index in [1.807, 2.05) is 18.2 Å². The number of carbonyl (C=O) groups is 2. The molecule has 6 nitrogen and oxygen atoms in total. The quantitative estimate of drug-likeness (QED) is 0.580. The van der Waals surface area contributed by atoms with E-state index in [9.17, 15) is 9.59 Å². The third kappa shape index (κ3) is 4.71. The number of anilines is 3. The molecule has 1 aromatic heterocycles. The number of hydrogen-bond donors (Lipinski definition) is 3. The average molecular weight is 400 g/mol. The summed E-state index contributed by atoms with van der Waals surface area (Å²) in [6.45, 7) is 0. The average Bonchev–Trinajstić information content (AvgIpc) is 3.04. The first-order valence-electron chi connectivity index (χ1n) is 7.40. The number of amides is 3. The van der Waals surface area contributed by atoms with Crippen LogP contribution in [0.2, 0.25) is 0 Å². The molecule has 1 heterocycles. The molecule has 0 atom stereocenters. The zero-order chi connectivity index (χ0) is 17.6. The summed E-state index contributed by atoms with van der Waals surface area (Å²) in [5.74, 6) is -0.149. The van der Waals surface area contributed by atoms with E-state index < -0.39 is 0 Å². The molecule has 7 heteroatoms. The van der Waals surface area contributed by atoms with E-state index in [-0.39, 0.29) is 17.7 Å². The fourth-order valence-corrected chi connectivity index (χ4v) is 2.39. The molecule has 25 heavy (non-hydrogen) atoms. The summed E-state index contributed by atoms with van der Waals surface area (Å²) in [6, 6.07) is 18.8. The normalized spacial score (nSPS) is 10.1. The predicted molar refractivity (Wildman–Crippen MR) is 99.9 cm³/mol. The van der Waals surface area contributed by atoms with E-state index in [1.54, 1.807) is 48.5 Å². The van der Waals surface area contributed by atoms with Crippen LogP contribution in [0.1, 0.15) is 10.6 Å². The zero-order valence-electron chi connectivity index (χ0n) is 13.0. The molecule has 0 unspecified atom stereocenters. The summed E-state index contributed by atoms with van der Waals surface area (Å²) in [6.07, 6.45) is 0. The highest BCUT2D eigenvalue weighted by atomic mass is 79.9. The number of para-hydroxylation sites is 1. The van der Waals surface area contributed by atoms with Crippen molar-refractivity contribution >= 4 is 44.9 Å². The van der Waals surface area contributed by atoms with Gasteiger partial charge in [0.15, 0.2) is 10.4 Å². The number of carbonyl (C=O) groups excluding carboxylic acids is 2. The van der Waals surface area contributed by atoms with Crippen LogP contribution in [0.5, 0.6) is 0 Å². The lowest BCUT2D eigenvalue weighted by atomic mass is 10.2. The molecular formula is C18H14BrN3O3. The second-order valence-corrected chi connectivity index (χ2v) is 5.86. The number of urea groups is 1. The summed E-state index contributed by atoms with van der Waals surface area (Å²) < 4.78 is 5.68. The summed E-state index contributed by atoms with van der Waals surface area (Å²) in [5, 5.41) is 8.15. The molecule has 3 N–H and O–H groups in total. The monoisotopic (exact) mass is 399 g/mol. The van der Waals surface area contributed by atoms with Crippen molar-refractivity contribution in [2.75, 3.05) is 16.0 Å². The molecule has 0 bridgehead atoms. The van der Waals surface area contributed by atoms with E-state index in [4.69, 9.17) is 4.42 Å². The number of benzene rings is 2. The molecule has 0 aliphatic carbocycles. The van der Waals surface area contributed by atoms with E-state index in [0.717, 1.165) is 0 Å². The van der Waals surface area contributed by atoms with Gasteiger partial charge in [-0.15, -0.1) is 0 Å². The highest BCUT2D eigenvalue weighted by Crippen LogP contribution is 2.18. The number of nitrogens with one attached hydrogen (secondary N) is 3. The second kappa shape index (κ2) is 7.67. The minimum atomic E-state index is -0.353. The lowest BCUT2D eigenvalue weighted by Crippen LogP contribution is -2.19. The van der Waals surface area contributed by atoms with Gasteiger partial charge in [0.2, 0.25) is 0 Å². The molecular weight excluding hydrogens is 386 g/mol. The van der Waals surface area contributed by atoms with Crippen LogP contribution in [0.25, 0.3) is 0 Å². The van der Waals surface area contributed by atoms with Gasteiger partial charge in [-0.05, 0) is 64.5 Å². The fraction of sp³-hybridized carbons (Fsp3) is 0. The lowest BCUT2D eigenvalue weighted by molar-refractivity contribution is 0.0995. The van der Waals surface area contributed by atoms with Gasteiger partial charge in [-0.3, -0.25) is 4.79 Å². The van der Waals surface area contributed by atoms with Gasteiger partial charge < -0.3 is 20.4 Å². The molecule has 3 aromatic rings. The van der Waals surface area contributed by atoms with Crippen molar-refractivity contribution in [1.82, 2.24) is 0 Å². The Hall–Kier alpha value is -3.06. The number of hydrogen-bond acceptors (Lipinski definition) is 3. The Morgan fingerprint density at radius 2 is 1.28 bits per heavy atom. The van der Waals surface area contributed by atoms with E-state index in [1.165, 1.54) is 0 Å². The van der Waals surface area contributed by atoms with Crippen molar-refractivity contribution in [1.29, 1.82) is 0 Å². The molecule has 3 rings (SSSR count). The topological polar surface area (TPSA) is 83.4 Å². The fourth-order valence-electron chi connectivity index (χ4n) is 2.08. The van der Waals surface area contributed by atoms with Crippen LogP contribution in [-0.2, 0) is 0 Å². The zero-order valence-corrected chi connectivity index (χ0v) is 14.5. The molecule has 0 aliphatic rings. The molecule has 0 radical (unpaired) electrons. The Morgan fingerprint density at radius 1 is 0.720 bits per heavy atom. The van der Waals surface area contributed by atoms with Crippen LogP contribution in [0.15, 0.2) is 75.8 Å². The number of halogens is 1. The standard InChI is InChI=1S/C18H14BrN3O3/c19-16-11-10-15(25-16)17(23)20-13-6-8-14(9-7-13)22-18(24)21-12-4-2-1-3-5-12/h1-11H,(H,20,23)(H2,21,22,24). The van der Waals surface area contributed by atoms with Crippen molar-refractivity contribution in [3.05, 3.63) is 77.2 Å². The Kier molecular flexibility index (Phi) is 5.15. The molecule has 0 saturated carbocycles. The number of rotatable bonds is 4. The summed E-state index contributed by atoms with van der Waals surface area (Å²) in [4.78, 5) is 23.9. The van der Waals surface area contributed by atoms with Gasteiger partial charge >= 0.3 is 6.03 Å². The minimum absolute atomic E-state index is 0.205. The minimum Gasteiger partial charge on any atom is -0.444 e. The maximum atomic E-state index is 12.0. The van der Waals surface area contributed by atoms with Crippen molar-refractivity contribution in [2.45, 2.75) is 0 Å². The predicted octanol–water partition coefficient (Wildman–Crippen LogP) is 4.94. The molecule has 0 fully saturated rings. The third-order valence-corrected chi connectivity index (χ3v) is 3.66. The van der Waals surface area contributed by atoms with Gasteiger partial charge in [-0.25, -0.2) is 4.79 Å². The van der Waals surface area contributed by atoms with E-state index in [0.29, 0.717) is 21.7 Å². The molecule has 0 aliphatic heterocycles. The molecule has 0 saturated heterocycles. The highest BCUT2D eigenvalue weighted by Gasteiger charge is 2.10. The van der Waals surface area contributed by atoms with Crippen LogP contribution in [0.3, 0.4) is 0 Å². The molecule has 2 aromatic carbocycles. The van der Waals surface area contributed by atoms with E-state index >= 15 is 0 Å². The molecule has 3 amide bonds. The largest absolute Gasteiger partial charge is 0.444 e. The Morgan fingerprint density at radius 3 is 1.84 bits per heavy atom. The molecule has 0 spiro atoms. The van der Waals surface area contributed by atoms with Gasteiger partial charge in [-0.1, -0.05) is 18.2 Å². The SMILES string of the molecule is O=C(Nc1ccccc1)Nc1ccc(NC(=O)c2ccc(Br)o2)cc1. The van der Waals surface area contributed by atoms with Crippen molar-refractivity contribution in [3.8, 4) is 0 Å². The first kappa shape index (κ1) is 16.8. The number of furan rings is 1. The first-order valence-corrected chi connectivity index (χ1v) is 8.19. The van der Waals surface area contributed by atoms with Gasteiger partial charge in [0, 0.05) is 17.1 Å². The third-order valence-electron chi connectivity index (χ3n) is 3.23. The Balaban J connectivity index is 1.56. The highest BCUT2D eigenvalue weighted by molar-refractivity contribution is 9.10. The maximum absolute atomic E-state index is 12.0. The maximum Gasteiger partial charge on any atom is 0.323 e. The van der Waals surface area contributed by atoms with Crippen LogP contribution in [0.4, 0.5) is 21.9 Å². The van der Waals surface area contributed by atoms with Crippen LogP contribution in [-0.4, -0.2) is 11.9 Å².